The molecule has 1 aliphatic heterocycles. The lowest BCUT2D eigenvalue weighted by Crippen LogP contribution is -2.44. The fourth-order valence-electron chi connectivity index (χ4n) is 1.66. The van der Waals surface area contributed by atoms with Crippen molar-refractivity contribution in [1.82, 2.24) is 4.90 Å². The highest BCUT2D eigenvalue weighted by Gasteiger charge is 2.42. The molecule has 1 amide bonds. The molecule has 15 heavy (non-hydrogen) atoms. The van der Waals surface area contributed by atoms with Crippen LogP contribution in [0.4, 0.5) is 4.79 Å². The number of carbonyl (C=O) groups excluding carboxylic acids is 1. The second-order valence-corrected chi connectivity index (χ2v) is 5.46. The molecule has 1 saturated heterocycles. The van der Waals surface area contributed by atoms with Crippen molar-refractivity contribution in [1.29, 1.82) is 0 Å². The number of ether oxygens (including phenoxy) is 1. The predicted octanol–water partition coefficient (Wildman–Crippen LogP) is 1.77. The standard InChI is InChI=1S/C11H21NO3/c1-8-11(5,14)6-7-12(8)9(13)15-10(2,3)4/h8,14H,6-7H2,1-5H3/t8-,11?/m0/s1. The van der Waals surface area contributed by atoms with Crippen LogP contribution in [0.3, 0.4) is 0 Å². The van der Waals surface area contributed by atoms with E-state index in [0.29, 0.717) is 13.0 Å². The normalized spacial score (nSPS) is 31.9. The first kappa shape index (κ1) is 12.3. The Morgan fingerprint density at radius 1 is 1.53 bits per heavy atom. The molecular formula is C11H21NO3. The molecule has 0 aromatic rings. The maximum absolute atomic E-state index is 11.8. The Bertz CT molecular complexity index is 255. The van der Waals surface area contributed by atoms with Crippen LogP contribution in [-0.4, -0.2) is 39.9 Å². The van der Waals surface area contributed by atoms with Gasteiger partial charge in [-0.2, -0.15) is 0 Å². The number of aliphatic hydroxyl groups is 1. The van der Waals surface area contributed by atoms with Crippen LogP contribution in [0, 0.1) is 0 Å². The topological polar surface area (TPSA) is 49.8 Å². The highest BCUT2D eigenvalue weighted by Crippen LogP contribution is 2.29. The number of hydrogen-bond acceptors (Lipinski definition) is 3. The molecule has 0 bridgehead atoms. The number of amides is 1. The number of nitrogens with zero attached hydrogens (tertiary/aromatic N) is 1. The first-order chi connectivity index (χ1) is 6.63. The number of likely N-dealkylation sites (tertiary alicyclic amines) is 1. The van der Waals surface area contributed by atoms with Crippen LogP contribution in [0.1, 0.15) is 41.0 Å². The van der Waals surface area contributed by atoms with Crippen molar-refractivity contribution in [3.8, 4) is 0 Å². The Kier molecular flexibility index (Phi) is 3.01. The summed E-state index contributed by atoms with van der Waals surface area (Å²) in [5.41, 5.74) is -1.28. The quantitative estimate of drug-likeness (QED) is 0.670. The van der Waals surface area contributed by atoms with Gasteiger partial charge in [0.2, 0.25) is 0 Å². The van der Waals surface area contributed by atoms with E-state index in [1.807, 2.05) is 27.7 Å². The number of rotatable bonds is 0. The lowest BCUT2D eigenvalue weighted by molar-refractivity contribution is -0.00132. The maximum Gasteiger partial charge on any atom is 0.410 e. The maximum atomic E-state index is 11.8. The molecule has 1 N–H and O–H groups in total. The minimum absolute atomic E-state index is 0.188. The summed E-state index contributed by atoms with van der Waals surface area (Å²) in [6, 6.07) is -0.188. The van der Waals surface area contributed by atoms with E-state index < -0.39 is 11.2 Å². The Balaban J connectivity index is 2.64. The first-order valence-electron chi connectivity index (χ1n) is 5.35. The molecule has 0 radical (unpaired) electrons. The largest absolute Gasteiger partial charge is 0.444 e. The Labute approximate surface area is 91.2 Å². The molecule has 88 valence electrons. The summed E-state index contributed by atoms with van der Waals surface area (Å²) in [5.74, 6) is 0. The molecule has 1 aliphatic rings. The van der Waals surface area contributed by atoms with E-state index in [0.717, 1.165) is 0 Å². The van der Waals surface area contributed by atoms with Gasteiger partial charge in [0.05, 0.1) is 11.6 Å². The van der Waals surface area contributed by atoms with E-state index in [1.54, 1.807) is 11.8 Å². The van der Waals surface area contributed by atoms with Crippen molar-refractivity contribution >= 4 is 6.09 Å². The van der Waals surface area contributed by atoms with Crippen molar-refractivity contribution in [3.63, 3.8) is 0 Å². The predicted molar refractivity (Wildman–Crippen MR) is 57.6 cm³/mol. The van der Waals surface area contributed by atoms with Crippen LogP contribution < -0.4 is 0 Å². The Morgan fingerprint density at radius 2 is 2.07 bits per heavy atom. The van der Waals surface area contributed by atoms with Crippen molar-refractivity contribution in [2.24, 2.45) is 0 Å². The van der Waals surface area contributed by atoms with Gasteiger partial charge >= 0.3 is 6.09 Å². The summed E-state index contributed by atoms with van der Waals surface area (Å²) in [7, 11) is 0. The van der Waals surface area contributed by atoms with E-state index >= 15 is 0 Å². The zero-order valence-electron chi connectivity index (χ0n) is 10.2. The number of carbonyl (C=O) groups is 1. The molecule has 1 rings (SSSR count). The molecule has 0 saturated carbocycles. The van der Waals surface area contributed by atoms with Crippen molar-refractivity contribution in [2.75, 3.05) is 6.54 Å². The van der Waals surface area contributed by atoms with Crippen LogP contribution in [0.2, 0.25) is 0 Å². The van der Waals surface area contributed by atoms with E-state index in [4.69, 9.17) is 4.74 Å². The van der Waals surface area contributed by atoms with E-state index in [2.05, 4.69) is 0 Å². The summed E-state index contributed by atoms with van der Waals surface area (Å²) >= 11 is 0. The molecule has 4 nitrogen and oxygen atoms in total. The Hall–Kier alpha value is -0.770. The fourth-order valence-corrected chi connectivity index (χ4v) is 1.66. The van der Waals surface area contributed by atoms with Gasteiger partial charge in [-0.3, -0.25) is 0 Å². The zero-order chi connectivity index (χ0) is 11.9. The van der Waals surface area contributed by atoms with Crippen LogP contribution in [0.15, 0.2) is 0 Å². The van der Waals surface area contributed by atoms with Gasteiger partial charge in [-0.25, -0.2) is 4.79 Å². The summed E-state index contributed by atoms with van der Waals surface area (Å²) in [6.45, 7) is 9.67. The van der Waals surface area contributed by atoms with Crippen LogP contribution in [0.5, 0.6) is 0 Å². The molecular weight excluding hydrogens is 194 g/mol. The average Bonchev–Trinajstić information content (AvgIpc) is 2.24. The van der Waals surface area contributed by atoms with Gasteiger partial charge in [0, 0.05) is 6.54 Å². The third kappa shape index (κ3) is 2.84. The van der Waals surface area contributed by atoms with Gasteiger partial charge in [-0.05, 0) is 41.0 Å². The van der Waals surface area contributed by atoms with Crippen LogP contribution >= 0.6 is 0 Å². The summed E-state index contributed by atoms with van der Waals surface area (Å²) < 4.78 is 5.26. The molecule has 2 atom stereocenters. The SMILES string of the molecule is C[C@@H]1N(C(=O)OC(C)(C)C)CCC1(C)O. The highest BCUT2D eigenvalue weighted by molar-refractivity contribution is 5.69. The first-order valence-corrected chi connectivity index (χ1v) is 5.35. The number of hydrogen-bond donors (Lipinski definition) is 1. The minimum Gasteiger partial charge on any atom is -0.444 e. The average molecular weight is 215 g/mol. The second-order valence-electron chi connectivity index (χ2n) is 5.46. The van der Waals surface area contributed by atoms with Gasteiger partial charge in [-0.1, -0.05) is 0 Å². The van der Waals surface area contributed by atoms with Gasteiger partial charge in [-0.15, -0.1) is 0 Å². The third-order valence-corrected chi connectivity index (χ3v) is 2.85. The van der Waals surface area contributed by atoms with E-state index in [9.17, 15) is 9.90 Å². The van der Waals surface area contributed by atoms with E-state index in [-0.39, 0.29) is 12.1 Å². The molecule has 1 unspecified atom stereocenters. The monoisotopic (exact) mass is 215 g/mol. The third-order valence-electron chi connectivity index (χ3n) is 2.85. The van der Waals surface area contributed by atoms with Crippen LogP contribution in [0.25, 0.3) is 0 Å². The molecule has 1 fully saturated rings. The van der Waals surface area contributed by atoms with Crippen molar-refractivity contribution in [3.05, 3.63) is 0 Å². The second kappa shape index (κ2) is 3.67. The highest BCUT2D eigenvalue weighted by atomic mass is 16.6. The van der Waals surface area contributed by atoms with Gasteiger partial charge < -0.3 is 14.7 Å². The molecule has 0 aromatic heterocycles. The van der Waals surface area contributed by atoms with Gasteiger partial charge in [0.1, 0.15) is 5.60 Å². The van der Waals surface area contributed by atoms with Crippen LogP contribution in [-0.2, 0) is 4.74 Å². The van der Waals surface area contributed by atoms with Crippen molar-refractivity contribution < 1.29 is 14.6 Å². The molecule has 1 heterocycles. The molecule has 0 spiro atoms. The van der Waals surface area contributed by atoms with Gasteiger partial charge in [0.25, 0.3) is 0 Å². The fraction of sp³-hybridized carbons (Fsp3) is 0.909. The van der Waals surface area contributed by atoms with E-state index in [1.165, 1.54) is 0 Å². The molecule has 0 aliphatic carbocycles. The summed E-state index contributed by atoms with van der Waals surface area (Å²) in [6.07, 6.45) is 0.265. The Morgan fingerprint density at radius 3 is 2.40 bits per heavy atom. The molecule has 4 heteroatoms. The lowest BCUT2D eigenvalue weighted by Gasteiger charge is -2.30. The zero-order valence-corrected chi connectivity index (χ0v) is 10.2. The molecule has 0 aromatic carbocycles. The minimum atomic E-state index is -0.795. The van der Waals surface area contributed by atoms with Crippen molar-refractivity contribution in [2.45, 2.75) is 58.3 Å². The van der Waals surface area contributed by atoms with Gasteiger partial charge in [0.15, 0.2) is 0 Å². The summed E-state index contributed by atoms with van der Waals surface area (Å²) in [5, 5.41) is 9.93. The smallest absolute Gasteiger partial charge is 0.410 e. The summed E-state index contributed by atoms with van der Waals surface area (Å²) in [4.78, 5) is 13.3. The lowest BCUT2D eigenvalue weighted by atomic mass is 9.99.